The molecule has 0 fully saturated rings. The van der Waals surface area contributed by atoms with Crippen LogP contribution >= 0.6 is 11.6 Å². The number of carbonyl (C=O) groups is 1. The fourth-order valence-corrected chi connectivity index (χ4v) is 2.78. The minimum absolute atomic E-state index is 0.0213. The first-order valence-electron chi connectivity index (χ1n) is 5.06. The molecule has 16 heavy (non-hydrogen) atoms. The molecule has 5 nitrogen and oxygen atoms in total. The van der Waals surface area contributed by atoms with E-state index < -0.39 is 10.0 Å². The second-order valence-corrected chi connectivity index (χ2v) is 6.23. The van der Waals surface area contributed by atoms with E-state index in [0.29, 0.717) is 12.3 Å². The van der Waals surface area contributed by atoms with E-state index in [4.69, 9.17) is 11.6 Å². The SMILES string of the molecule is CNC(=O)C(C)CN(C)S(=O)(=O)CCCCl. The third-order valence-electron chi connectivity index (χ3n) is 2.24. The highest BCUT2D eigenvalue weighted by atomic mass is 35.5. The summed E-state index contributed by atoms with van der Waals surface area (Å²) in [5.41, 5.74) is 0. The molecule has 1 unspecified atom stereocenters. The van der Waals surface area contributed by atoms with Crippen molar-refractivity contribution >= 4 is 27.5 Å². The van der Waals surface area contributed by atoms with Crippen molar-refractivity contribution in [1.82, 2.24) is 9.62 Å². The Morgan fingerprint density at radius 1 is 1.50 bits per heavy atom. The number of hydrogen-bond donors (Lipinski definition) is 1. The van der Waals surface area contributed by atoms with E-state index in [-0.39, 0.29) is 24.1 Å². The number of alkyl halides is 1. The molecule has 0 aliphatic carbocycles. The fraction of sp³-hybridized carbons (Fsp3) is 0.889. The number of carbonyl (C=O) groups excluding carboxylic acids is 1. The summed E-state index contributed by atoms with van der Waals surface area (Å²) in [5.74, 6) is -0.189. The molecule has 0 saturated carbocycles. The van der Waals surface area contributed by atoms with Gasteiger partial charge in [-0.25, -0.2) is 12.7 Å². The first-order chi connectivity index (χ1) is 7.35. The summed E-state index contributed by atoms with van der Waals surface area (Å²) in [6.07, 6.45) is 0.419. The van der Waals surface area contributed by atoms with E-state index >= 15 is 0 Å². The Bertz CT molecular complexity index is 319. The average molecular weight is 271 g/mol. The van der Waals surface area contributed by atoms with Crippen LogP contribution in [0.4, 0.5) is 0 Å². The summed E-state index contributed by atoms with van der Waals surface area (Å²) >= 11 is 5.44. The quantitative estimate of drug-likeness (QED) is 0.675. The molecule has 0 rings (SSSR count). The lowest BCUT2D eigenvalue weighted by molar-refractivity contribution is -0.124. The van der Waals surface area contributed by atoms with Crippen molar-refractivity contribution in [3.63, 3.8) is 0 Å². The topological polar surface area (TPSA) is 66.5 Å². The van der Waals surface area contributed by atoms with Crippen molar-refractivity contribution in [2.45, 2.75) is 13.3 Å². The van der Waals surface area contributed by atoms with Gasteiger partial charge in [0.15, 0.2) is 0 Å². The van der Waals surface area contributed by atoms with Gasteiger partial charge in [-0.3, -0.25) is 4.79 Å². The summed E-state index contributed by atoms with van der Waals surface area (Å²) in [4.78, 5) is 11.2. The van der Waals surface area contributed by atoms with Gasteiger partial charge in [0.25, 0.3) is 0 Å². The smallest absolute Gasteiger partial charge is 0.223 e. The molecule has 0 aromatic rings. The van der Waals surface area contributed by atoms with E-state index in [1.807, 2.05) is 0 Å². The van der Waals surface area contributed by atoms with Crippen molar-refractivity contribution in [2.75, 3.05) is 32.3 Å². The van der Waals surface area contributed by atoms with Crippen LogP contribution in [0, 0.1) is 5.92 Å². The van der Waals surface area contributed by atoms with Crippen LogP contribution in [0.5, 0.6) is 0 Å². The zero-order valence-corrected chi connectivity index (χ0v) is 11.4. The van der Waals surface area contributed by atoms with Gasteiger partial charge in [-0.05, 0) is 6.42 Å². The Hall–Kier alpha value is -0.330. The highest BCUT2D eigenvalue weighted by Crippen LogP contribution is 2.06. The Kier molecular flexibility index (Phi) is 6.94. The van der Waals surface area contributed by atoms with Gasteiger partial charge in [-0.1, -0.05) is 6.92 Å². The van der Waals surface area contributed by atoms with Gasteiger partial charge in [0.1, 0.15) is 0 Å². The minimum atomic E-state index is -3.29. The van der Waals surface area contributed by atoms with E-state index in [1.54, 1.807) is 6.92 Å². The van der Waals surface area contributed by atoms with E-state index in [2.05, 4.69) is 5.32 Å². The molecule has 1 N–H and O–H groups in total. The van der Waals surface area contributed by atoms with Gasteiger partial charge in [0, 0.05) is 32.4 Å². The number of rotatable bonds is 7. The number of amides is 1. The zero-order chi connectivity index (χ0) is 12.8. The Morgan fingerprint density at radius 2 is 2.06 bits per heavy atom. The van der Waals surface area contributed by atoms with Gasteiger partial charge >= 0.3 is 0 Å². The highest BCUT2D eigenvalue weighted by Gasteiger charge is 2.22. The van der Waals surface area contributed by atoms with Crippen LogP contribution in [0.25, 0.3) is 0 Å². The van der Waals surface area contributed by atoms with Crippen molar-refractivity contribution in [1.29, 1.82) is 0 Å². The summed E-state index contributed by atoms with van der Waals surface area (Å²) in [7, 11) is -0.287. The van der Waals surface area contributed by atoms with Gasteiger partial charge in [0.05, 0.1) is 5.75 Å². The Morgan fingerprint density at radius 3 is 2.50 bits per heavy atom. The molecule has 0 aromatic heterocycles. The molecule has 0 aromatic carbocycles. The van der Waals surface area contributed by atoms with Gasteiger partial charge in [-0.2, -0.15) is 0 Å². The number of nitrogens with zero attached hydrogens (tertiary/aromatic N) is 1. The van der Waals surface area contributed by atoms with E-state index in [0.717, 1.165) is 0 Å². The molecule has 96 valence electrons. The minimum Gasteiger partial charge on any atom is -0.359 e. The standard InChI is InChI=1S/C9H19ClN2O3S/c1-8(9(13)11-2)7-12(3)16(14,15)6-4-5-10/h8H,4-7H2,1-3H3,(H,11,13). The number of sulfonamides is 1. The molecule has 0 aliphatic rings. The predicted octanol–water partition coefficient (Wildman–Crippen LogP) is 0.259. The second-order valence-electron chi connectivity index (χ2n) is 3.65. The summed E-state index contributed by atoms with van der Waals surface area (Å²) in [6, 6.07) is 0. The molecule has 0 spiro atoms. The monoisotopic (exact) mass is 270 g/mol. The van der Waals surface area contributed by atoms with Crippen molar-refractivity contribution in [3.8, 4) is 0 Å². The van der Waals surface area contributed by atoms with Crippen LogP contribution < -0.4 is 5.32 Å². The highest BCUT2D eigenvalue weighted by molar-refractivity contribution is 7.89. The number of nitrogens with one attached hydrogen (secondary N) is 1. The zero-order valence-electron chi connectivity index (χ0n) is 9.86. The average Bonchev–Trinajstić information content (AvgIpc) is 2.24. The van der Waals surface area contributed by atoms with Crippen LogP contribution in [0.15, 0.2) is 0 Å². The molecular weight excluding hydrogens is 252 g/mol. The molecule has 0 saturated heterocycles. The van der Waals surface area contributed by atoms with E-state index in [1.165, 1.54) is 18.4 Å². The predicted molar refractivity (Wildman–Crippen MR) is 65.0 cm³/mol. The first-order valence-corrected chi connectivity index (χ1v) is 7.21. The molecule has 0 radical (unpaired) electrons. The molecule has 7 heteroatoms. The lowest BCUT2D eigenvalue weighted by Crippen LogP contribution is -2.38. The Labute approximate surface area is 102 Å². The maximum absolute atomic E-state index is 11.7. The van der Waals surface area contributed by atoms with Crippen LogP contribution in [0.2, 0.25) is 0 Å². The van der Waals surface area contributed by atoms with Crippen molar-refractivity contribution in [2.24, 2.45) is 5.92 Å². The summed E-state index contributed by atoms with van der Waals surface area (Å²) < 4.78 is 24.6. The van der Waals surface area contributed by atoms with Gasteiger partial charge < -0.3 is 5.32 Å². The van der Waals surface area contributed by atoms with Crippen LogP contribution in [0.3, 0.4) is 0 Å². The molecule has 0 bridgehead atoms. The third-order valence-corrected chi connectivity index (χ3v) is 4.41. The number of hydrogen-bond acceptors (Lipinski definition) is 3. The van der Waals surface area contributed by atoms with Gasteiger partial charge in [0.2, 0.25) is 15.9 Å². The lowest BCUT2D eigenvalue weighted by Gasteiger charge is -2.20. The normalized spacial score (nSPS) is 13.8. The molecule has 0 heterocycles. The molecule has 1 amide bonds. The van der Waals surface area contributed by atoms with E-state index in [9.17, 15) is 13.2 Å². The Balaban J connectivity index is 4.34. The molecular formula is C9H19ClN2O3S. The maximum Gasteiger partial charge on any atom is 0.223 e. The van der Waals surface area contributed by atoms with Crippen molar-refractivity contribution < 1.29 is 13.2 Å². The van der Waals surface area contributed by atoms with Crippen molar-refractivity contribution in [3.05, 3.63) is 0 Å². The molecule has 0 aliphatic heterocycles. The second kappa shape index (κ2) is 7.09. The van der Waals surface area contributed by atoms with Crippen LogP contribution in [-0.4, -0.2) is 50.9 Å². The van der Waals surface area contributed by atoms with Crippen LogP contribution in [-0.2, 0) is 14.8 Å². The first kappa shape index (κ1) is 15.7. The molecule has 1 atom stereocenters. The summed E-state index contributed by atoms with van der Waals surface area (Å²) in [6.45, 7) is 1.87. The number of halogens is 1. The summed E-state index contributed by atoms with van der Waals surface area (Å²) in [5, 5.41) is 2.48. The van der Waals surface area contributed by atoms with Crippen LogP contribution in [0.1, 0.15) is 13.3 Å². The third kappa shape index (κ3) is 5.14. The largest absolute Gasteiger partial charge is 0.359 e. The maximum atomic E-state index is 11.7. The lowest BCUT2D eigenvalue weighted by atomic mass is 10.2. The fourth-order valence-electron chi connectivity index (χ4n) is 1.22. The van der Waals surface area contributed by atoms with Gasteiger partial charge in [-0.15, -0.1) is 11.6 Å².